The van der Waals surface area contributed by atoms with E-state index in [4.69, 9.17) is 60.1 Å². The smallest absolute Gasteiger partial charge is 0.167 e. The molecule has 140 heavy (non-hydrogen) atoms. The Bertz CT molecular complexity index is 6480. The molecule has 4 N–H and O–H groups in total. The van der Waals surface area contributed by atoms with Crippen LogP contribution < -0.4 is 36.0 Å². The van der Waals surface area contributed by atoms with E-state index in [1.165, 1.54) is 0 Å². The van der Waals surface area contributed by atoms with Crippen LogP contribution >= 0.6 is 0 Å². The molecule has 2 unspecified atom stereocenters. The lowest BCUT2D eigenvalue weighted by Gasteiger charge is -2.34. The van der Waals surface area contributed by atoms with E-state index < -0.39 is 48.6 Å². The Morgan fingerprint density at radius 2 is 0.593 bits per heavy atom. The number of nitrogens with zero attached hydrogens (tertiary/aromatic N) is 25. The second kappa shape index (κ2) is 43.9. The van der Waals surface area contributed by atoms with Crippen LogP contribution in [0, 0.1) is 13.8 Å². The van der Waals surface area contributed by atoms with E-state index in [-0.39, 0.29) is 40.7 Å². The number of hydrogen-bond donors (Lipinski definition) is 2. The normalized spacial score (nSPS) is 21.2. The molecule has 0 radical (unpaired) electrons. The van der Waals surface area contributed by atoms with E-state index in [1.54, 1.807) is 62.0 Å². The third-order valence-corrected chi connectivity index (χ3v) is 34.7. The molecule has 2 saturated carbocycles. The number of pyridine rings is 5. The maximum atomic E-state index is 12.9. The number of aryl methyl sites for hydroxylation is 2. The first-order valence-corrected chi connectivity index (χ1v) is 57.9. The van der Waals surface area contributed by atoms with Crippen molar-refractivity contribution in [3.8, 4) is 56.9 Å². The number of nitrogens with two attached hydrogens (primary N) is 2. The summed E-state index contributed by atoms with van der Waals surface area (Å²) in [6.45, 7) is 30.1. The number of morpholine rings is 5. The molecular formula is C98H127N27O10S5. The summed E-state index contributed by atoms with van der Waals surface area (Å²) in [7, 11) is -11.6. The van der Waals surface area contributed by atoms with E-state index in [2.05, 4.69) is 167 Å². The van der Waals surface area contributed by atoms with Gasteiger partial charge in [0.25, 0.3) is 0 Å². The van der Waals surface area contributed by atoms with Crippen molar-refractivity contribution in [3.05, 3.63) is 155 Å². The van der Waals surface area contributed by atoms with Crippen molar-refractivity contribution in [2.24, 2.45) is 21.8 Å². The van der Waals surface area contributed by atoms with Gasteiger partial charge in [0.15, 0.2) is 58.2 Å². The predicted octanol–water partition coefficient (Wildman–Crippen LogP) is 14.3. The van der Waals surface area contributed by atoms with Gasteiger partial charge in [-0.05, 0) is 117 Å². The first kappa shape index (κ1) is 101. The largest absolute Gasteiger partial charge is 0.384 e. The van der Waals surface area contributed by atoms with Crippen LogP contribution in [0.1, 0.15) is 126 Å². The van der Waals surface area contributed by atoms with Crippen molar-refractivity contribution in [2.75, 3.05) is 183 Å². The van der Waals surface area contributed by atoms with Crippen molar-refractivity contribution in [2.45, 2.75) is 155 Å². The van der Waals surface area contributed by atoms with Gasteiger partial charge in [0.1, 0.15) is 40.7 Å². The quantitative estimate of drug-likeness (QED) is 0.0715. The molecule has 0 bridgehead atoms. The highest BCUT2D eigenvalue weighted by molar-refractivity contribution is 7.94. The van der Waals surface area contributed by atoms with Gasteiger partial charge in [-0.3, -0.25) is 15.0 Å². The molecule has 0 aromatic carbocycles. The van der Waals surface area contributed by atoms with Crippen molar-refractivity contribution in [1.82, 2.24) is 74.8 Å². The van der Waals surface area contributed by atoms with Gasteiger partial charge in [-0.15, -0.1) is 0 Å². The second-order valence-corrected chi connectivity index (χ2v) is 49.9. The molecule has 10 aliphatic rings. The maximum Gasteiger partial charge on any atom is 0.167 e. The molecule has 744 valence electrons. The molecule has 42 heteroatoms. The minimum absolute atomic E-state index is 0.162. The van der Waals surface area contributed by atoms with Gasteiger partial charge in [0.2, 0.25) is 0 Å². The monoisotopic (exact) mass is 2000 g/mol. The molecule has 5 aliphatic carbocycles. The highest BCUT2D eigenvalue weighted by Gasteiger charge is 2.35. The summed E-state index contributed by atoms with van der Waals surface area (Å²) in [6, 6.07) is 23.2. The Hall–Kier alpha value is -11.5. The fraction of sp³-hybridized carbons (Fsp3) is 0.480. The number of rotatable bonds is 20. The summed E-state index contributed by atoms with van der Waals surface area (Å²) in [4.78, 5) is 80.1. The Morgan fingerprint density at radius 3 is 0.836 bits per heavy atom. The van der Waals surface area contributed by atoms with Crippen LogP contribution in [-0.4, -0.2) is 284 Å². The second-order valence-electron chi connectivity index (χ2n) is 36.8. The van der Waals surface area contributed by atoms with Crippen LogP contribution in [0.5, 0.6) is 0 Å². The van der Waals surface area contributed by atoms with E-state index in [0.29, 0.717) is 153 Å². The number of ether oxygens (including phenoxy) is 5. The molecule has 10 aromatic heterocycles. The Kier molecular flexibility index (Phi) is 31.8. The zero-order valence-corrected chi connectivity index (χ0v) is 86.4. The average molecular weight is 2000 g/mol. The molecule has 10 aromatic rings. The lowest BCUT2D eigenvalue weighted by molar-refractivity contribution is 0.0985. The number of hydrogen-bond acceptors (Lipinski definition) is 37. The van der Waals surface area contributed by atoms with Gasteiger partial charge in [-0.25, -0.2) is 80.9 Å². The Balaban J connectivity index is 0.000000126. The lowest BCUT2D eigenvalue weighted by Crippen LogP contribution is -2.44. The number of nitrogen functional groups attached to an aromatic ring is 2. The Labute approximate surface area is 822 Å². The molecule has 15 heterocycles. The topological polar surface area (TPSA) is 455 Å². The molecule has 5 aliphatic heterocycles. The molecule has 0 spiro atoms. The molecule has 0 amide bonds. The Morgan fingerprint density at radius 1 is 0.343 bits per heavy atom. The zero-order valence-electron chi connectivity index (χ0n) is 82.3. The van der Waals surface area contributed by atoms with E-state index in [1.807, 2.05) is 95.3 Å². The summed E-state index contributed by atoms with van der Waals surface area (Å²) in [6.07, 6.45) is 32.6. The average Bonchev–Trinajstić information content (AvgIpc) is 1.82. The minimum Gasteiger partial charge on any atom is -0.384 e. The van der Waals surface area contributed by atoms with Crippen molar-refractivity contribution in [3.63, 3.8) is 0 Å². The first-order valence-electron chi connectivity index (χ1n) is 47.7. The van der Waals surface area contributed by atoms with Crippen molar-refractivity contribution < 1.29 is 44.7 Å². The third-order valence-electron chi connectivity index (χ3n) is 25.3. The minimum atomic E-state index is -2.33. The fourth-order valence-corrected chi connectivity index (χ4v) is 22.2. The number of fused-ring (bicyclic) bond motifs is 3. The first-order chi connectivity index (χ1) is 67.0. The van der Waals surface area contributed by atoms with Gasteiger partial charge in [-0.2, -0.15) is 21.8 Å². The van der Waals surface area contributed by atoms with Crippen LogP contribution in [0.4, 0.5) is 69.8 Å². The number of aromatic nitrogens is 15. The SMILES string of the molecule is CCS(C)(=O)=Nc1cc(N2CCOC[C@H]2C)nc(-c2ccnc3c2C=CC3)n1.CC[S@@](C)(=O)=Nc1cc(N2CCOC[C@H]2C)nc(-c2ccnc3c2C=CC3)n1.CC[S@](C)(=O)=Nc1cc(N2CCOC[C@H]2C)nc(-c2ccnc3c2C=CC3)n1.Cc1cc(-c2nc(N=S(C)(=O)C3CC3)cc(N3CCOC[C@H]3C)n2)cc(N)n1.Cc1cc(-c2nc(N=[S@](C)(=O)C3CC3)cc(N3CCOC[C@H]3C)n2)cc(N)n1. The summed E-state index contributed by atoms with van der Waals surface area (Å²) in [5.74, 6) is 11.2. The maximum absolute atomic E-state index is 12.9. The van der Waals surface area contributed by atoms with Crippen molar-refractivity contribution in [1.29, 1.82) is 0 Å². The molecule has 37 nitrogen and oxygen atoms in total. The standard InChI is InChI=1S/3C20H25N5O2S.2C19H26N6O2S/c3*1-4-28(3,26)24-18-12-19(25-10-11-27-13-14(25)2)23-20(22-18)16-8-9-21-17-7-5-6-15(16)17;2*1-12-8-14(9-16(20)21-12)19-22-17(24-28(3,26)15-4-5-15)10-18(23-19)25-6-7-27-11-13(25)2/h3*5-6,8-9,12,14H,4,7,10-11,13H2,1-3H3;2*8-10,13,15H,4-7,11H2,1-3H3,(H2,20,21)/t14-,28?;14-,28+;14-,28-;13-,28?;13-,28-/m11111/s1. The van der Waals surface area contributed by atoms with Crippen LogP contribution in [0.2, 0.25) is 0 Å². The van der Waals surface area contributed by atoms with Gasteiger partial charge in [0.05, 0.1) is 162 Å². The summed E-state index contributed by atoms with van der Waals surface area (Å²) in [5.41, 5.74) is 24.0. The third kappa shape index (κ3) is 25.5. The van der Waals surface area contributed by atoms with Gasteiger partial charge >= 0.3 is 0 Å². The molecule has 5 saturated heterocycles. The predicted molar refractivity (Wildman–Crippen MR) is 559 cm³/mol. The van der Waals surface area contributed by atoms with E-state index >= 15 is 0 Å². The van der Waals surface area contributed by atoms with Gasteiger partial charge in [-0.1, -0.05) is 57.2 Å². The van der Waals surface area contributed by atoms with Crippen LogP contribution in [0.25, 0.3) is 75.2 Å². The lowest BCUT2D eigenvalue weighted by atomic mass is 10.1. The van der Waals surface area contributed by atoms with Crippen molar-refractivity contribution >= 4 is 137 Å². The highest BCUT2D eigenvalue weighted by Crippen LogP contribution is 2.40. The van der Waals surface area contributed by atoms with Gasteiger partial charge in [0, 0.05) is 216 Å². The molecular weight excluding hydrogens is 1880 g/mol. The van der Waals surface area contributed by atoms with Crippen LogP contribution in [0.3, 0.4) is 0 Å². The fourth-order valence-electron chi connectivity index (χ4n) is 17.0. The molecule has 10 atom stereocenters. The number of allylic oxidation sites excluding steroid dienone is 3. The van der Waals surface area contributed by atoms with E-state index in [0.717, 1.165) is 180 Å². The summed E-state index contributed by atoms with van der Waals surface area (Å²) in [5, 5.41) is 0.325. The molecule has 20 rings (SSSR count). The van der Waals surface area contributed by atoms with E-state index in [9.17, 15) is 21.0 Å². The van der Waals surface area contributed by atoms with Gasteiger partial charge < -0.3 is 59.7 Å². The zero-order chi connectivity index (χ0) is 99.0. The van der Waals surface area contributed by atoms with Crippen LogP contribution in [-0.2, 0) is 91.6 Å². The summed E-state index contributed by atoms with van der Waals surface area (Å²) >= 11 is 0. The van der Waals surface area contributed by atoms with Crippen LogP contribution in [0.15, 0.2) is 131 Å². The summed E-state index contributed by atoms with van der Waals surface area (Å²) < 4.78 is 114. The highest BCUT2D eigenvalue weighted by atomic mass is 32.2. The number of anilines is 7. The molecule has 7 fully saturated rings.